The molecule has 1 atom stereocenters. The van der Waals surface area contributed by atoms with Crippen LogP contribution in [-0.2, 0) is 4.79 Å². The first-order chi connectivity index (χ1) is 12.0. The zero-order chi connectivity index (χ0) is 18.2. The fraction of sp³-hybridized carbons (Fsp3) is 0.650. The normalized spacial score (nSPS) is 17.4. The maximum atomic E-state index is 12.2. The maximum absolute atomic E-state index is 12.2. The number of hydrogen-bond acceptors (Lipinski definition) is 4. The molecule has 1 aromatic carbocycles. The largest absolute Gasteiger partial charge is 0.393 e. The van der Waals surface area contributed by atoms with Crippen molar-refractivity contribution in [1.29, 1.82) is 0 Å². The molecule has 1 aromatic rings. The van der Waals surface area contributed by atoms with Gasteiger partial charge in [-0.2, -0.15) is 0 Å². The third-order valence-electron chi connectivity index (χ3n) is 5.07. The topological polar surface area (TPSA) is 64.6 Å². The molecule has 1 aliphatic rings. The number of benzene rings is 1. The minimum Gasteiger partial charge on any atom is -0.393 e. The first kappa shape index (κ1) is 19.9. The molecule has 1 unspecified atom stereocenters. The van der Waals surface area contributed by atoms with Gasteiger partial charge in [0.2, 0.25) is 5.91 Å². The summed E-state index contributed by atoms with van der Waals surface area (Å²) >= 11 is 0. The van der Waals surface area contributed by atoms with Crippen LogP contribution in [0.15, 0.2) is 18.2 Å². The molecule has 1 fully saturated rings. The molecule has 0 bridgehead atoms. The molecule has 25 heavy (non-hydrogen) atoms. The molecule has 1 saturated heterocycles. The van der Waals surface area contributed by atoms with Gasteiger partial charge in [0.15, 0.2) is 0 Å². The number of piperidine rings is 1. The van der Waals surface area contributed by atoms with Crippen molar-refractivity contribution < 1.29 is 9.90 Å². The Morgan fingerprint density at radius 3 is 2.76 bits per heavy atom. The second kappa shape index (κ2) is 9.90. The lowest BCUT2D eigenvalue weighted by atomic mass is 10.1. The lowest BCUT2D eigenvalue weighted by molar-refractivity contribution is -0.116. The summed E-state index contributed by atoms with van der Waals surface area (Å²) in [5.74, 6) is 0.0544. The molecule has 5 nitrogen and oxygen atoms in total. The molecule has 0 aliphatic carbocycles. The highest BCUT2D eigenvalue weighted by Crippen LogP contribution is 2.18. The molecule has 5 heteroatoms. The van der Waals surface area contributed by atoms with E-state index in [1.807, 2.05) is 19.1 Å². The molecule has 140 valence electrons. The summed E-state index contributed by atoms with van der Waals surface area (Å²) in [6.07, 6.45) is 3.22. The minimum absolute atomic E-state index is 0.0544. The number of aliphatic hydroxyl groups is 1. The number of aryl methyl sites for hydroxylation is 1. The molecular weight excluding hydrogens is 314 g/mol. The van der Waals surface area contributed by atoms with Gasteiger partial charge in [-0.1, -0.05) is 12.1 Å². The summed E-state index contributed by atoms with van der Waals surface area (Å²) in [6.45, 7) is 10.1. The zero-order valence-electron chi connectivity index (χ0n) is 15.8. The van der Waals surface area contributed by atoms with Gasteiger partial charge in [-0.3, -0.25) is 4.79 Å². The van der Waals surface area contributed by atoms with Crippen LogP contribution >= 0.6 is 0 Å². The lowest BCUT2D eigenvalue weighted by Crippen LogP contribution is -2.38. The van der Waals surface area contributed by atoms with Gasteiger partial charge in [-0.15, -0.1) is 0 Å². The maximum Gasteiger partial charge on any atom is 0.225 e. The fourth-order valence-corrected chi connectivity index (χ4v) is 3.23. The van der Waals surface area contributed by atoms with E-state index >= 15 is 0 Å². The number of aliphatic hydroxyl groups excluding tert-OH is 1. The molecule has 3 N–H and O–H groups in total. The van der Waals surface area contributed by atoms with Crippen LogP contribution in [-0.4, -0.2) is 54.2 Å². The molecular formula is C20H33N3O2. The predicted octanol–water partition coefficient (Wildman–Crippen LogP) is 2.46. The van der Waals surface area contributed by atoms with Crippen LogP contribution in [0, 0.1) is 13.8 Å². The Balaban J connectivity index is 1.62. The highest BCUT2D eigenvalue weighted by atomic mass is 16.3. The summed E-state index contributed by atoms with van der Waals surface area (Å²) in [5, 5.41) is 16.0. The van der Waals surface area contributed by atoms with E-state index in [2.05, 4.69) is 35.4 Å². The Labute approximate surface area is 151 Å². The van der Waals surface area contributed by atoms with E-state index in [0.717, 1.165) is 56.7 Å². The van der Waals surface area contributed by atoms with Crippen molar-refractivity contribution in [2.75, 3.05) is 31.5 Å². The minimum atomic E-state index is -0.107. The molecule has 1 heterocycles. The highest BCUT2D eigenvalue weighted by Gasteiger charge is 2.16. The third-order valence-corrected chi connectivity index (χ3v) is 5.07. The van der Waals surface area contributed by atoms with Gasteiger partial charge >= 0.3 is 0 Å². The lowest BCUT2D eigenvalue weighted by Gasteiger charge is -2.29. The van der Waals surface area contributed by atoms with Crippen LogP contribution in [0.1, 0.15) is 43.7 Å². The van der Waals surface area contributed by atoms with Crippen molar-refractivity contribution in [2.24, 2.45) is 0 Å². The fourth-order valence-electron chi connectivity index (χ4n) is 3.23. The van der Waals surface area contributed by atoms with E-state index in [9.17, 15) is 9.90 Å². The second-order valence-corrected chi connectivity index (χ2v) is 7.28. The Hall–Kier alpha value is -1.43. The molecule has 0 spiro atoms. The number of likely N-dealkylation sites (tertiary alicyclic amines) is 1. The van der Waals surface area contributed by atoms with Gasteiger partial charge in [0.05, 0.1) is 6.10 Å². The van der Waals surface area contributed by atoms with Crippen LogP contribution in [0.3, 0.4) is 0 Å². The number of anilines is 1. The van der Waals surface area contributed by atoms with E-state index < -0.39 is 0 Å². The monoisotopic (exact) mass is 347 g/mol. The highest BCUT2D eigenvalue weighted by molar-refractivity contribution is 5.92. The summed E-state index contributed by atoms with van der Waals surface area (Å²) < 4.78 is 0. The van der Waals surface area contributed by atoms with Crippen LogP contribution in [0.2, 0.25) is 0 Å². The second-order valence-electron chi connectivity index (χ2n) is 7.28. The number of amides is 1. The average Bonchev–Trinajstić information content (AvgIpc) is 2.57. The molecule has 0 aromatic heterocycles. The van der Waals surface area contributed by atoms with Crippen molar-refractivity contribution >= 4 is 11.6 Å². The SMILES string of the molecule is Cc1cccc(NC(=O)CC(C)NCCCN2CCC(O)CC2)c1C. The first-order valence-corrected chi connectivity index (χ1v) is 9.45. The molecule has 0 saturated carbocycles. The van der Waals surface area contributed by atoms with E-state index in [4.69, 9.17) is 0 Å². The molecule has 1 amide bonds. The predicted molar refractivity (Wildman–Crippen MR) is 103 cm³/mol. The number of rotatable bonds is 8. The molecule has 0 radical (unpaired) electrons. The van der Waals surface area contributed by atoms with Crippen LogP contribution < -0.4 is 10.6 Å². The van der Waals surface area contributed by atoms with Crippen LogP contribution in [0.5, 0.6) is 0 Å². The zero-order valence-corrected chi connectivity index (χ0v) is 15.8. The van der Waals surface area contributed by atoms with Gasteiger partial charge in [-0.25, -0.2) is 0 Å². The molecule has 2 rings (SSSR count). The smallest absolute Gasteiger partial charge is 0.225 e. The van der Waals surface area contributed by atoms with Gasteiger partial charge < -0.3 is 20.6 Å². The third kappa shape index (κ3) is 6.77. The standard InChI is InChI=1S/C20H33N3O2/c1-15-6-4-7-19(17(15)3)22-20(25)14-16(2)21-10-5-11-23-12-8-18(24)9-13-23/h4,6-7,16,18,21,24H,5,8-14H2,1-3H3,(H,22,25). The van der Waals surface area contributed by atoms with Gasteiger partial charge in [0.25, 0.3) is 0 Å². The van der Waals surface area contributed by atoms with Crippen molar-refractivity contribution in [2.45, 2.75) is 58.6 Å². The first-order valence-electron chi connectivity index (χ1n) is 9.45. The van der Waals surface area contributed by atoms with E-state index in [1.165, 1.54) is 5.56 Å². The van der Waals surface area contributed by atoms with Gasteiger partial charge in [0, 0.05) is 31.2 Å². The Morgan fingerprint density at radius 1 is 1.32 bits per heavy atom. The van der Waals surface area contributed by atoms with E-state index in [1.54, 1.807) is 0 Å². The Bertz CT molecular complexity index is 554. The average molecular weight is 348 g/mol. The summed E-state index contributed by atoms with van der Waals surface area (Å²) in [4.78, 5) is 14.6. The number of carbonyl (C=O) groups excluding carboxylic acids is 1. The summed E-state index contributed by atoms with van der Waals surface area (Å²) in [5.41, 5.74) is 3.22. The van der Waals surface area contributed by atoms with Gasteiger partial charge in [0.1, 0.15) is 0 Å². The van der Waals surface area contributed by atoms with Crippen molar-refractivity contribution in [3.8, 4) is 0 Å². The Kier molecular flexibility index (Phi) is 7.88. The van der Waals surface area contributed by atoms with Crippen LogP contribution in [0.4, 0.5) is 5.69 Å². The number of nitrogens with zero attached hydrogens (tertiary/aromatic N) is 1. The Morgan fingerprint density at radius 2 is 2.04 bits per heavy atom. The quantitative estimate of drug-likeness (QED) is 0.632. The number of carbonyl (C=O) groups is 1. The summed E-state index contributed by atoms with van der Waals surface area (Å²) in [6, 6.07) is 6.14. The number of hydrogen-bond donors (Lipinski definition) is 3. The summed E-state index contributed by atoms with van der Waals surface area (Å²) in [7, 11) is 0. The van der Waals surface area contributed by atoms with Crippen molar-refractivity contribution in [3.63, 3.8) is 0 Å². The number of nitrogens with one attached hydrogen (secondary N) is 2. The molecule has 1 aliphatic heterocycles. The van der Waals surface area contributed by atoms with Crippen LogP contribution in [0.25, 0.3) is 0 Å². The van der Waals surface area contributed by atoms with Crippen molar-refractivity contribution in [1.82, 2.24) is 10.2 Å². The van der Waals surface area contributed by atoms with Gasteiger partial charge in [-0.05, 0) is 70.3 Å². The van der Waals surface area contributed by atoms with E-state index in [0.29, 0.717) is 6.42 Å². The van der Waals surface area contributed by atoms with Crippen molar-refractivity contribution in [3.05, 3.63) is 29.3 Å². The van der Waals surface area contributed by atoms with E-state index in [-0.39, 0.29) is 18.1 Å².